The molecule has 0 radical (unpaired) electrons. The third-order valence-corrected chi connectivity index (χ3v) is 12.6. The number of halogens is 3. The van der Waals surface area contributed by atoms with Crippen LogP contribution in [0.25, 0.3) is 5.57 Å². The molecule has 0 saturated carbocycles. The van der Waals surface area contributed by atoms with Crippen molar-refractivity contribution in [2.45, 2.75) is 77.2 Å². The lowest BCUT2D eigenvalue weighted by Crippen LogP contribution is -2.41. The van der Waals surface area contributed by atoms with Crippen molar-refractivity contribution in [3.63, 3.8) is 0 Å². The van der Waals surface area contributed by atoms with Gasteiger partial charge in [-0.25, -0.2) is 0 Å². The van der Waals surface area contributed by atoms with E-state index in [0.29, 0.717) is 67.2 Å². The summed E-state index contributed by atoms with van der Waals surface area (Å²) in [7, 11) is -1.85. The minimum Gasteiger partial charge on any atom is -0.493 e. The number of hydrogen-bond donors (Lipinski definition) is 2. The van der Waals surface area contributed by atoms with Crippen molar-refractivity contribution in [2.75, 3.05) is 30.5 Å². The first-order valence-corrected chi connectivity index (χ1v) is 17.1. The first-order valence-electron chi connectivity index (χ1n) is 14.2. The van der Waals surface area contributed by atoms with Crippen molar-refractivity contribution in [1.29, 1.82) is 0 Å². The Hall–Kier alpha value is -3.31. The molecule has 11 heteroatoms. The predicted octanol–water partition coefficient (Wildman–Crippen LogP) is 7.58. The quantitative estimate of drug-likeness (QED) is 0.184. The van der Waals surface area contributed by atoms with Crippen LogP contribution >= 0.6 is 0 Å². The van der Waals surface area contributed by atoms with E-state index < -0.39 is 26.0 Å². The highest BCUT2D eigenvalue weighted by atomic mass is 28.4. The van der Waals surface area contributed by atoms with Gasteiger partial charge < -0.3 is 24.5 Å². The van der Waals surface area contributed by atoms with Gasteiger partial charge in [-0.1, -0.05) is 26.8 Å². The zero-order valence-corrected chi connectivity index (χ0v) is 25.8. The summed E-state index contributed by atoms with van der Waals surface area (Å²) in [6.07, 6.45) is -0.661. The summed E-state index contributed by atoms with van der Waals surface area (Å²) in [5.41, 5.74) is 2.09. The van der Waals surface area contributed by atoms with Gasteiger partial charge in [0, 0.05) is 42.3 Å². The molecule has 0 aliphatic carbocycles. The highest BCUT2D eigenvalue weighted by Crippen LogP contribution is 2.40. The summed E-state index contributed by atoms with van der Waals surface area (Å²) in [6, 6.07) is 6.78. The standard InChI is InChI=1S/C31H39F3N2O5Si/c1-30(2,3)42(4,5)41-17-7-16-39-25-13-12-24(23-11-14-27(37)36-29(23)25)35-28(38)18-20-8-6-15-40-26-19-21(31(32,33)34)9-10-22(20)26/h9-10,12-13,18-19H,6-8,11,14-17H2,1-5H3,(H,35,38)(H,36,37)/b20-18+. The summed E-state index contributed by atoms with van der Waals surface area (Å²) in [5.74, 6) is 0.0792. The van der Waals surface area contributed by atoms with E-state index in [2.05, 4.69) is 44.5 Å². The van der Waals surface area contributed by atoms with Crippen LogP contribution in [0.4, 0.5) is 24.5 Å². The zero-order chi connectivity index (χ0) is 30.7. The second kappa shape index (κ2) is 12.5. The van der Waals surface area contributed by atoms with Crippen molar-refractivity contribution < 1.29 is 36.7 Å². The van der Waals surface area contributed by atoms with Crippen LogP contribution in [-0.4, -0.2) is 40.0 Å². The van der Waals surface area contributed by atoms with Crippen molar-refractivity contribution in [2.24, 2.45) is 0 Å². The number of nitrogens with one attached hydrogen (secondary N) is 2. The lowest BCUT2D eigenvalue weighted by Gasteiger charge is -2.36. The van der Waals surface area contributed by atoms with E-state index in [4.69, 9.17) is 13.9 Å². The number of carbonyl (C=O) groups excluding carboxylic acids is 2. The molecule has 7 nitrogen and oxygen atoms in total. The molecule has 42 heavy (non-hydrogen) atoms. The predicted molar refractivity (Wildman–Crippen MR) is 159 cm³/mol. The Morgan fingerprint density at radius 3 is 2.57 bits per heavy atom. The molecule has 0 spiro atoms. The summed E-state index contributed by atoms with van der Waals surface area (Å²) in [4.78, 5) is 25.4. The topological polar surface area (TPSA) is 85.9 Å². The second-order valence-electron chi connectivity index (χ2n) is 12.1. The third kappa shape index (κ3) is 7.55. The number of hydrogen-bond acceptors (Lipinski definition) is 5. The lowest BCUT2D eigenvalue weighted by atomic mass is 9.98. The van der Waals surface area contributed by atoms with Crippen LogP contribution in [0, 0.1) is 0 Å². The van der Waals surface area contributed by atoms with E-state index in [0.717, 1.165) is 17.7 Å². The molecule has 0 atom stereocenters. The molecular formula is C31H39F3N2O5Si. The normalized spacial score (nSPS) is 16.6. The average Bonchev–Trinajstić information content (AvgIpc) is 3.09. The van der Waals surface area contributed by atoms with E-state index in [-0.39, 0.29) is 29.7 Å². The van der Waals surface area contributed by atoms with Gasteiger partial charge >= 0.3 is 6.18 Å². The highest BCUT2D eigenvalue weighted by molar-refractivity contribution is 6.74. The number of amides is 2. The molecule has 0 saturated heterocycles. The minimum atomic E-state index is -4.49. The van der Waals surface area contributed by atoms with Crippen LogP contribution in [0.15, 0.2) is 36.4 Å². The smallest absolute Gasteiger partial charge is 0.416 e. The summed E-state index contributed by atoms with van der Waals surface area (Å²) in [5, 5.41) is 5.90. The zero-order valence-electron chi connectivity index (χ0n) is 24.8. The largest absolute Gasteiger partial charge is 0.493 e. The van der Waals surface area contributed by atoms with Gasteiger partial charge in [-0.05, 0) is 67.2 Å². The Morgan fingerprint density at radius 1 is 1.10 bits per heavy atom. The van der Waals surface area contributed by atoms with Gasteiger partial charge in [-0.2, -0.15) is 13.2 Å². The fourth-order valence-corrected chi connectivity index (χ4v) is 5.71. The highest BCUT2D eigenvalue weighted by Gasteiger charge is 2.37. The van der Waals surface area contributed by atoms with Crippen LogP contribution in [0.2, 0.25) is 18.1 Å². The maximum absolute atomic E-state index is 13.2. The van der Waals surface area contributed by atoms with E-state index in [1.807, 2.05) is 0 Å². The summed E-state index contributed by atoms with van der Waals surface area (Å²) >= 11 is 0. The molecule has 0 unspecified atom stereocenters. The maximum atomic E-state index is 13.2. The monoisotopic (exact) mass is 604 g/mol. The Balaban J connectivity index is 1.47. The number of carbonyl (C=O) groups is 2. The lowest BCUT2D eigenvalue weighted by molar-refractivity contribution is -0.137. The molecular weight excluding hydrogens is 565 g/mol. The second-order valence-corrected chi connectivity index (χ2v) is 17.0. The first kappa shape index (κ1) is 31.6. The van der Waals surface area contributed by atoms with Crippen molar-refractivity contribution in [3.8, 4) is 11.5 Å². The molecule has 0 fully saturated rings. The maximum Gasteiger partial charge on any atom is 0.416 e. The van der Waals surface area contributed by atoms with Gasteiger partial charge in [0.1, 0.15) is 11.5 Å². The summed E-state index contributed by atoms with van der Waals surface area (Å²) in [6.45, 7) is 12.2. The Labute approximate surface area is 245 Å². The molecule has 2 aliphatic heterocycles. The van der Waals surface area contributed by atoms with Crippen LogP contribution in [0.1, 0.15) is 63.1 Å². The SMILES string of the molecule is CC(C)(C)[Si](C)(C)OCCCOc1ccc(NC(=O)/C=C2\CCCOc3cc(C(F)(F)F)ccc32)c2c1NC(=O)CC2. The Morgan fingerprint density at radius 2 is 1.86 bits per heavy atom. The van der Waals surface area contributed by atoms with Crippen molar-refractivity contribution in [1.82, 2.24) is 0 Å². The van der Waals surface area contributed by atoms with E-state index in [9.17, 15) is 22.8 Å². The van der Waals surface area contributed by atoms with Crippen LogP contribution in [0.5, 0.6) is 11.5 Å². The number of allylic oxidation sites excluding steroid dienone is 1. The number of rotatable bonds is 8. The van der Waals surface area contributed by atoms with E-state index >= 15 is 0 Å². The number of anilines is 2. The van der Waals surface area contributed by atoms with Crippen LogP contribution in [-0.2, 0) is 26.6 Å². The van der Waals surface area contributed by atoms with Gasteiger partial charge in [0.15, 0.2) is 8.32 Å². The van der Waals surface area contributed by atoms with Gasteiger partial charge in [0.2, 0.25) is 11.8 Å². The molecule has 2 N–H and O–H groups in total. The molecule has 4 rings (SSSR count). The molecule has 228 valence electrons. The summed E-state index contributed by atoms with van der Waals surface area (Å²) < 4.78 is 57.4. The van der Waals surface area contributed by atoms with Gasteiger partial charge in [0.05, 0.1) is 24.5 Å². The average molecular weight is 605 g/mol. The number of ether oxygens (including phenoxy) is 2. The third-order valence-electron chi connectivity index (χ3n) is 8.02. The van der Waals surface area contributed by atoms with Crippen molar-refractivity contribution >= 4 is 37.1 Å². The number of fused-ring (bicyclic) bond motifs is 2. The van der Waals surface area contributed by atoms with E-state index in [1.165, 1.54) is 12.1 Å². The Bertz CT molecular complexity index is 1370. The molecule has 2 amide bonds. The molecule has 2 aromatic carbocycles. The fraction of sp³-hybridized carbons (Fsp3) is 0.484. The minimum absolute atomic E-state index is 0.109. The number of alkyl halides is 3. The molecule has 2 heterocycles. The molecule has 2 aliphatic rings. The van der Waals surface area contributed by atoms with Gasteiger partial charge in [-0.3, -0.25) is 9.59 Å². The van der Waals surface area contributed by atoms with Crippen LogP contribution in [0.3, 0.4) is 0 Å². The van der Waals surface area contributed by atoms with Crippen LogP contribution < -0.4 is 20.1 Å². The molecule has 0 aromatic heterocycles. The van der Waals surface area contributed by atoms with Gasteiger partial charge in [-0.15, -0.1) is 0 Å². The van der Waals surface area contributed by atoms with Gasteiger partial charge in [0.25, 0.3) is 0 Å². The number of benzene rings is 2. The molecule has 0 bridgehead atoms. The molecule has 2 aromatic rings. The fourth-order valence-electron chi connectivity index (χ4n) is 4.63. The Kier molecular flexibility index (Phi) is 9.41. The van der Waals surface area contributed by atoms with Crippen molar-refractivity contribution in [3.05, 3.63) is 53.1 Å². The van der Waals surface area contributed by atoms with E-state index in [1.54, 1.807) is 12.1 Å². The first-order chi connectivity index (χ1) is 19.7.